The van der Waals surface area contributed by atoms with Gasteiger partial charge in [0.15, 0.2) is 12.3 Å². The maximum atomic E-state index is 12.1. The van der Waals surface area contributed by atoms with E-state index in [4.69, 9.17) is 9.15 Å². The van der Waals surface area contributed by atoms with Crippen LogP contribution >= 0.6 is 0 Å². The molecule has 3 aromatic rings. The largest absolute Gasteiger partial charge is 0.451 e. The van der Waals surface area contributed by atoms with Crippen molar-refractivity contribution in [2.45, 2.75) is 26.9 Å². The fourth-order valence-electron chi connectivity index (χ4n) is 1.93. The van der Waals surface area contributed by atoms with Gasteiger partial charge in [-0.25, -0.2) is 4.79 Å². The van der Waals surface area contributed by atoms with Gasteiger partial charge in [0, 0.05) is 6.42 Å². The van der Waals surface area contributed by atoms with Crippen LogP contribution in [0.2, 0.25) is 0 Å². The van der Waals surface area contributed by atoms with Gasteiger partial charge in [-0.05, 0) is 19.1 Å². The van der Waals surface area contributed by atoms with Crippen molar-refractivity contribution in [2.24, 2.45) is 0 Å². The van der Waals surface area contributed by atoms with Crippen molar-refractivity contribution < 1.29 is 13.9 Å². The van der Waals surface area contributed by atoms with E-state index in [9.17, 15) is 4.79 Å². The molecule has 0 N–H and O–H groups in total. The molecule has 0 aliphatic carbocycles. The molecule has 0 aliphatic heterocycles. The maximum Gasteiger partial charge on any atom is 0.361 e. The summed E-state index contributed by atoms with van der Waals surface area (Å²) in [7, 11) is 0. The van der Waals surface area contributed by atoms with Crippen molar-refractivity contribution in [3.05, 3.63) is 53.5 Å². The van der Waals surface area contributed by atoms with Crippen LogP contribution < -0.4 is 0 Å². The number of aryl methyl sites for hydroxylation is 2. The average molecular weight is 313 g/mol. The minimum atomic E-state index is -0.582. The Morgan fingerprint density at radius 2 is 1.91 bits per heavy atom. The Morgan fingerprint density at radius 3 is 2.61 bits per heavy atom. The number of para-hydroxylation sites is 1. The van der Waals surface area contributed by atoms with Gasteiger partial charge in [-0.1, -0.05) is 25.1 Å². The van der Waals surface area contributed by atoms with E-state index in [1.54, 1.807) is 6.92 Å². The minimum Gasteiger partial charge on any atom is -0.451 e. The second kappa shape index (κ2) is 6.39. The maximum absolute atomic E-state index is 12.1. The number of aromatic nitrogens is 5. The van der Waals surface area contributed by atoms with Crippen molar-refractivity contribution in [3.8, 4) is 5.69 Å². The number of hydrogen-bond donors (Lipinski definition) is 0. The molecule has 0 amide bonds. The number of carbonyl (C=O) groups excluding carboxylic acids is 1. The van der Waals surface area contributed by atoms with Crippen LogP contribution in [0.3, 0.4) is 0 Å². The fraction of sp³-hybridized carbons (Fsp3) is 0.267. The molecule has 8 nitrogen and oxygen atoms in total. The zero-order valence-electron chi connectivity index (χ0n) is 12.8. The smallest absolute Gasteiger partial charge is 0.361 e. The van der Waals surface area contributed by atoms with E-state index in [-0.39, 0.29) is 18.2 Å². The van der Waals surface area contributed by atoms with Crippen molar-refractivity contribution in [3.63, 3.8) is 0 Å². The molecule has 0 fully saturated rings. The minimum absolute atomic E-state index is 0.0938. The quantitative estimate of drug-likeness (QED) is 0.663. The Hall–Kier alpha value is -3.03. The third kappa shape index (κ3) is 3.25. The summed E-state index contributed by atoms with van der Waals surface area (Å²) in [6.45, 7) is 3.50. The van der Waals surface area contributed by atoms with Gasteiger partial charge < -0.3 is 9.15 Å². The van der Waals surface area contributed by atoms with Crippen molar-refractivity contribution in [2.75, 3.05) is 0 Å². The van der Waals surface area contributed by atoms with Gasteiger partial charge in [0.2, 0.25) is 5.89 Å². The van der Waals surface area contributed by atoms with Gasteiger partial charge in [-0.15, -0.1) is 15.3 Å². The average Bonchev–Trinajstić information content (AvgIpc) is 3.20. The van der Waals surface area contributed by atoms with Gasteiger partial charge in [0.25, 0.3) is 5.89 Å². The highest BCUT2D eigenvalue weighted by atomic mass is 16.5. The zero-order valence-corrected chi connectivity index (χ0v) is 12.8. The molecule has 0 atom stereocenters. The summed E-state index contributed by atoms with van der Waals surface area (Å²) in [6, 6.07) is 9.32. The number of carbonyl (C=O) groups is 1. The molecular formula is C15H15N5O3. The van der Waals surface area contributed by atoms with E-state index in [0.717, 1.165) is 5.69 Å². The Labute approximate surface area is 132 Å². The first-order valence-corrected chi connectivity index (χ1v) is 7.15. The Kier molecular flexibility index (Phi) is 4.13. The second-order valence-electron chi connectivity index (χ2n) is 4.78. The van der Waals surface area contributed by atoms with Crippen LogP contribution in [0.4, 0.5) is 0 Å². The van der Waals surface area contributed by atoms with E-state index in [1.165, 1.54) is 4.80 Å². The summed E-state index contributed by atoms with van der Waals surface area (Å²) in [5.41, 5.74) is 1.40. The van der Waals surface area contributed by atoms with E-state index >= 15 is 0 Å². The Balaban J connectivity index is 1.71. The molecule has 23 heavy (non-hydrogen) atoms. The highest BCUT2D eigenvalue weighted by Crippen LogP contribution is 2.10. The van der Waals surface area contributed by atoms with Crippen LogP contribution in [0, 0.1) is 6.92 Å². The standard InChI is InChI=1S/C15H15N5O3/c1-3-12-16-17-13(23-12)9-22-15(21)14-10(2)18-20(19-14)11-7-5-4-6-8-11/h4-8H,3,9H2,1-2H3. The lowest BCUT2D eigenvalue weighted by Crippen LogP contribution is -2.08. The Bertz CT molecular complexity index is 810. The van der Waals surface area contributed by atoms with E-state index in [2.05, 4.69) is 20.4 Å². The molecule has 0 saturated heterocycles. The summed E-state index contributed by atoms with van der Waals surface area (Å²) in [6.07, 6.45) is 0.630. The first-order valence-electron chi connectivity index (χ1n) is 7.15. The summed E-state index contributed by atoms with van der Waals surface area (Å²) in [4.78, 5) is 13.5. The molecule has 0 spiro atoms. The molecule has 1 aromatic carbocycles. The van der Waals surface area contributed by atoms with Gasteiger partial charge in [-0.2, -0.15) is 9.90 Å². The van der Waals surface area contributed by atoms with Gasteiger partial charge in [-0.3, -0.25) is 0 Å². The number of ether oxygens (including phenoxy) is 1. The molecule has 2 aromatic heterocycles. The first-order chi connectivity index (χ1) is 11.2. The predicted molar refractivity (Wildman–Crippen MR) is 78.9 cm³/mol. The molecule has 0 radical (unpaired) electrons. The SMILES string of the molecule is CCc1nnc(COC(=O)c2nn(-c3ccccc3)nc2C)o1. The molecule has 0 unspecified atom stereocenters. The molecule has 0 bridgehead atoms. The molecule has 2 heterocycles. The van der Waals surface area contributed by atoms with Crippen molar-refractivity contribution >= 4 is 5.97 Å². The summed E-state index contributed by atoms with van der Waals surface area (Å²) in [5, 5.41) is 16.0. The van der Waals surface area contributed by atoms with Gasteiger partial charge >= 0.3 is 5.97 Å². The van der Waals surface area contributed by atoms with Gasteiger partial charge in [0.1, 0.15) is 0 Å². The van der Waals surface area contributed by atoms with Crippen LogP contribution in [0.5, 0.6) is 0 Å². The number of hydrogen-bond acceptors (Lipinski definition) is 7. The number of benzene rings is 1. The fourth-order valence-corrected chi connectivity index (χ4v) is 1.93. The van der Waals surface area contributed by atoms with Crippen LogP contribution in [-0.2, 0) is 17.8 Å². The summed E-state index contributed by atoms with van der Waals surface area (Å²) in [5.74, 6) is 0.173. The van der Waals surface area contributed by atoms with Crippen molar-refractivity contribution in [1.29, 1.82) is 0 Å². The lowest BCUT2D eigenvalue weighted by Gasteiger charge is -1.99. The van der Waals surface area contributed by atoms with Crippen LogP contribution in [0.1, 0.15) is 34.9 Å². The number of rotatable bonds is 5. The number of esters is 1. The van der Waals surface area contributed by atoms with Crippen LogP contribution in [0.15, 0.2) is 34.7 Å². The lowest BCUT2D eigenvalue weighted by atomic mass is 10.3. The van der Waals surface area contributed by atoms with E-state index < -0.39 is 5.97 Å². The highest BCUT2D eigenvalue weighted by molar-refractivity contribution is 5.88. The zero-order chi connectivity index (χ0) is 16.2. The second-order valence-corrected chi connectivity index (χ2v) is 4.78. The monoisotopic (exact) mass is 313 g/mol. The van der Waals surface area contributed by atoms with Crippen molar-refractivity contribution in [1.82, 2.24) is 25.2 Å². The predicted octanol–water partition coefficient (Wildman–Crippen LogP) is 1.88. The lowest BCUT2D eigenvalue weighted by molar-refractivity contribution is 0.0428. The third-order valence-electron chi connectivity index (χ3n) is 3.10. The Morgan fingerprint density at radius 1 is 1.17 bits per heavy atom. The van der Waals surface area contributed by atoms with Crippen LogP contribution in [0.25, 0.3) is 5.69 Å². The molecule has 3 rings (SSSR count). The summed E-state index contributed by atoms with van der Waals surface area (Å²) < 4.78 is 10.4. The van der Waals surface area contributed by atoms with E-state index in [1.807, 2.05) is 37.3 Å². The summed E-state index contributed by atoms with van der Waals surface area (Å²) >= 11 is 0. The van der Waals surface area contributed by atoms with Crippen LogP contribution in [-0.4, -0.2) is 31.2 Å². The molecule has 0 aliphatic rings. The molecule has 8 heteroatoms. The highest BCUT2D eigenvalue weighted by Gasteiger charge is 2.19. The number of nitrogens with zero attached hydrogens (tertiary/aromatic N) is 5. The first kappa shape index (κ1) is 14.9. The molecule has 118 valence electrons. The van der Waals surface area contributed by atoms with Gasteiger partial charge in [0.05, 0.1) is 11.4 Å². The molecule has 0 saturated carbocycles. The third-order valence-corrected chi connectivity index (χ3v) is 3.10. The molecular weight excluding hydrogens is 298 g/mol. The van der Waals surface area contributed by atoms with E-state index in [0.29, 0.717) is 18.0 Å². The normalized spacial score (nSPS) is 10.7. The topological polar surface area (TPSA) is 95.9 Å².